The van der Waals surface area contributed by atoms with E-state index in [1.807, 2.05) is 29.8 Å². The third kappa shape index (κ3) is 2.87. The number of carbonyl (C=O) groups is 1. The first-order valence-electron chi connectivity index (χ1n) is 8.20. The van der Waals surface area contributed by atoms with Crippen LogP contribution in [0.3, 0.4) is 0 Å². The second-order valence-electron chi connectivity index (χ2n) is 5.81. The van der Waals surface area contributed by atoms with E-state index in [0.29, 0.717) is 11.6 Å². The zero-order valence-corrected chi connectivity index (χ0v) is 14.2. The lowest BCUT2D eigenvalue weighted by molar-refractivity contribution is 0.102. The Balaban J connectivity index is 1.90. The van der Waals surface area contributed by atoms with Gasteiger partial charge in [-0.25, -0.2) is 0 Å². The van der Waals surface area contributed by atoms with Gasteiger partial charge in [0.1, 0.15) is 0 Å². The van der Waals surface area contributed by atoms with Crippen molar-refractivity contribution in [1.29, 1.82) is 0 Å². The minimum atomic E-state index is -0.158. The Morgan fingerprint density at radius 2 is 1.92 bits per heavy atom. The van der Waals surface area contributed by atoms with Crippen molar-refractivity contribution in [3.63, 3.8) is 0 Å². The third-order valence-electron chi connectivity index (χ3n) is 4.42. The van der Waals surface area contributed by atoms with Gasteiger partial charge in [-0.3, -0.25) is 9.48 Å². The van der Waals surface area contributed by atoms with Crippen molar-refractivity contribution in [1.82, 2.24) is 20.0 Å². The molecule has 2 aromatic heterocycles. The van der Waals surface area contributed by atoms with Crippen molar-refractivity contribution < 1.29 is 4.79 Å². The highest BCUT2D eigenvalue weighted by molar-refractivity contribution is 6.09. The Hall–Kier alpha value is -2.76. The van der Waals surface area contributed by atoms with Crippen LogP contribution in [0.2, 0.25) is 0 Å². The molecular weight excluding hydrogens is 302 g/mol. The molecule has 6 nitrogen and oxygen atoms in total. The van der Waals surface area contributed by atoms with Crippen molar-refractivity contribution in [3.8, 4) is 0 Å². The fraction of sp³-hybridized carbons (Fsp3) is 0.333. The summed E-state index contributed by atoms with van der Waals surface area (Å²) in [5, 5.41) is 17.0. The van der Waals surface area contributed by atoms with Crippen molar-refractivity contribution in [2.45, 2.75) is 39.7 Å². The molecule has 3 rings (SSSR count). The van der Waals surface area contributed by atoms with Crippen LogP contribution in [0.25, 0.3) is 10.8 Å². The number of carbonyl (C=O) groups excluding carboxylic acids is 1. The molecule has 1 amide bonds. The van der Waals surface area contributed by atoms with Gasteiger partial charge in [-0.05, 0) is 25.8 Å². The summed E-state index contributed by atoms with van der Waals surface area (Å²) in [6.07, 6.45) is 6.96. The highest BCUT2D eigenvalue weighted by Gasteiger charge is 2.18. The summed E-state index contributed by atoms with van der Waals surface area (Å²) >= 11 is 0. The largest absolute Gasteiger partial charge is 0.321 e. The van der Waals surface area contributed by atoms with Gasteiger partial charge in [-0.2, -0.15) is 15.3 Å². The summed E-state index contributed by atoms with van der Waals surface area (Å²) in [4.78, 5) is 12.7. The molecule has 6 heteroatoms. The van der Waals surface area contributed by atoms with Crippen LogP contribution in [0.5, 0.6) is 0 Å². The van der Waals surface area contributed by atoms with E-state index in [2.05, 4.69) is 34.5 Å². The van der Waals surface area contributed by atoms with Gasteiger partial charge >= 0.3 is 0 Å². The lowest BCUT2D eigenvalue weighted by Crippen LogP contribution is -2.15. The maximum absolute atomic E-state index is 12.7. The molecule has 0 fully saturated rings. The maximum atomic E-state index is 12.7. The number of amides is 1. The molecule has 0 saturated heterocycles. The number of rotatable bonds is 5. The molecule has 1 N–H and O–H groups in total. The van der Waals surface area contributed by atoms with Crippen molar-refractivity contribution in [3.05, 3.63) is 48.0 Å². The fourth-order valence-corrected chi connectivity index (χ4v) is 2.97. The van der Waals surface area contributed by atoms with Gasteiger partial charge in [0, 0.05) is 16.5 Å². The molecule has 124 valence electrons. The molecule has 0 aliphatic heterocycles. The molecule has 2 heterocycles. The number of fused-ring (bicyclic) bond motifs is 1. The highest BCUT2D eigenvalue weighted by Crippen LogP contribution is 2.24. The van der Waals surface area contributed by atoms with Crippen LogP contribution in [-0.2, 0) is 0 Å². The molecule has 0 spiro atoms. The van der Waals surface area contributed by atoms with E-state index in [1.165, 1.54) is 0 Å². The highest BCUT2D eigenvalue weighted by atomic mass is 16.1. The molecule has 1 aromatic carbocycles. The third-order valence-corrected chi connectivity index (χ3v) is 4.42. The Labute approximate surface area is 140 Å². The molecule has 0 atom stereocenters. The molecule has 0 bridgehead atoms. The van der Waals surface area contributed by atoms with Crippen LogP contribution < -0.4 is 5.32 Å². The van der Waals surface area contributed by atoms with Gasteiger partial charge in [0.15, 0.2) is 0 Å². The van der Waals surface area contributed by atoms with Crippen LogP contribution in [-0.4, -0.2) is 25.9 Å². The molecule has 0 radical (unpaired) electrons. The first-order chi connectivity index (χ1) is 11.7. The van der Waals surface area contributed by atoms with Crippen molar-refractivity contribution in [2.75, 3.05) is 5.32 Å². The Kier molecular flexibility index (Phi) is 4.55. The summed E-state index contributed by atoms with van der Waals surface area (Å²) in [6.45, 7) is 6.20. The summed E-state index contributed by atoms with van der Waals surface area (Å²) < 4.78 is 1.95. The minimum absolute atomic E-state index is 0.158. The zero-order valence-electron chi connectivity index (χ0n) is 14.2. The predicted octanol–water partition coefficient (Wildman–Crippen LogP) is 3.75. The first kappa shape index (κ1) is 16.1. The topological polar surface area (TPSA) is 72.7 Å². The quantitative estimate of drug-likeness (QED) is 0.776. The monoisotopic (exact) mass is 323 g/mol. The average Bonchev–Trinajstić information content (AvgIpc) is 2.98. The second kappa shape index (κ2) is 6.78. The van der Waals surface area contributed by atoms with Crippen LogP contribution in [0, 0.1) is 6.92 Å². The summed E-state index contributed by atoms with van der Waals surface area (Å²) in [7, 11) is 0. The smallest absolute Gasteiger partial charge is 0.259 e. The Morgan fingerprint density at radius 1 is 1.17 bits per heavy atom. The molecular formula is C18H21N5O. The number of hydrogen-bond acceptors (Lipinski definition) is 4. The number of anilines is 1. The number of nitrogens with zero attached hydrogens (tertiary/aromatic N) is 4. The SMILES string of the molecule is CCC(CC)n1ncc(C(=O)Nc2cccc3cnncc23)c1C. The number of hydrogen-bond donors (Lipinski definition) is 1. The maximum Gasteiger partial charge on any atom is 0.259 e. The van der Waals surface area contributed by atoms with Crippen LogP contribution in [0.4, 0.5) is 5.69 Å². The van der Waals surface area contributed by atoms with E-state index in [4.69, 9.17) is 0 Å². The first-order valence-corrected chi connectivity index (χ1v) is 8.20. The predicted molar refractivity (Wildman–Crippen MR) is 94.1 cm³/mol. The van der Waals surface area contributed by atoms with E-state index in [0.717, 1.165) is 35.0 Å². The van der Waals surface area contributed by atoms with E-state index in [1.54, 1.807) is 18.6 Å². The lowest BCUT2D eigenvalue weighted by atomic mass is 10.1. The van der Waals surface area contributed by atoms with Gasteiger partial charge in [0.2, 0.25) is 0 Å². The van der Waals surface area contributed by atoms with Gasteiger partial charge in [-0.15, -0.1) is 0 Å². The van der Waals surface area contributed by atoms with E-state index < -0.39 is 0 Å². The van der Waals surface area contributed by atoms with Crippen molar-refractivity contribution >= 4 is 22.4 Å². The Bertz CT molecular complexity index is 861. The normalized spacial score (nSPS) is 11.2. The van der Waals surface area contributed by atoms with Crippen LogP contribution >= 0.6 is 0 Å². The molecule has 0 saturated carbocycles. The van der Waals surface area contributed by atoms with Crippen LogP contribution in [0.1, 0.15) is 48.8 Å². The van der Waals surface area contributed by atoms with Gasteiger partial charge in [0.05, 0.1) is 35.9 Å². The fourth-order valence-electron chi connectivity index (χ4n) is 2.97. The summed E-state index contributed by atoms with van der Waals surface area (Å²) in [5.74, 6) is -0.158. The molecule has 24 heavy (non-hydrogen) atoms. The van der Waals surface area contributed by atoms with E-state index in [-0.39, 0.29) is 5.91 Å². The van der Waals surface area contributed by atoms with Gasteiger partial charge < -0.3 is 5.32 Å². The second-order valence-corrected chi connectivity index (χ2v) is 5.81. The van der Waals surface area contributed by atoms with E-state index >= 15 is 0 Å². The molecule has 3 aromatic rings. The van der Waals surface area contributed by atoms with Crippen LogP contribution in [0.15, 0.2) is 36.8 Å². The Morgan fingerprint density at radius 3 is 2.67 bits per heavy atom. The number of benzene rings is 1. The lowest BCUT2D eigenvalue weighted by Gasteiger charge is -2.15. The summed E-state index contributed by atoms with van der Waals surface area (Å²) in [6, 6.07) is 6.01. The standard InChI is InChI=1S/C18H21N5O/c1-4-14(5-2)23-12(3)15(11-21-23)18(24)22-17-8-6-7-13-9-19-20-10-16(13)17/h6-11,14H,4-5H2,1-3H3,(H,22,24). The molecule has 0 unspecified atom stereocenters. The van der Waals surface area contributed by atoms with E-state index in [9.17, 15) is 4.79 Å². The molecule has 0 aliphatic carbocycles. The number of nitrogens with one attached hydrogen (secondary N) is 1. The number of aromatic nitrogens is 4. The minimum Gasteiger partial charge on any atom is -0.321 e. The zero-order chi connectivity index (χ0) is 17.1. The summed E-state index contributed by atoms with van der Waals surface area (Å²) in [5.41, 5.74) is 2.21. The molecule has 0 aliphatic rings. The van der Waals surface area contributed by atoms with Gasteiger partial charge in [-0.1, -0.05) is 26.0 Å². The van der Waals surface area contributed by atoms with Gasteiger partial charge in [0.25, 0.3) is 5.91 Å². The average molecular weight is 323 g/mol. The van der Waals surface area contributed by atoms with Crippen molar-refractivity contribution in [2.24, 2.45) is 0 Å².